The molecule has 0 aliphatic carbocycles. The number of esters is 1. The zero-order valence-corrected chi connectivity index (χ0v) is 10.4. The van der Waals surface area contributed by atoms with E-state index >= 15 is 0 Å². The van der Waals surface area contributed by atoms with Gasteiger partial charge in [0.1, 0.15) is 0 Å². The minimum atomic E-state index is -0.835. The highest BCUT2D eigenvalue weighted by molar-refractivity contribution is 7.12. The molecule has 0 saturated heterocycles. The number of hydrogen-bond acceptors (Lipinski definition) is 5. The molecule has 0 aliphatic rings. The van der Waals surface area contributed by atoms with Gasteiger partial charge in [-0.15, -0.1) is 11.3 Å². The SMILES string of the molecule is CCOC(=O)CNCc1ccc(CC(=O)O)s1. The standard InChI is InChI=1S/C11H15NO4S/c1-2-16-11(15)7-12-6-9-4-3-8(17-9)5-10(13)14/h3-4,12H,2,5-7H2,1H3,(H,13,14). The lowest BCUT2D eigenvalue weighted by Crippen LogP contribution is -2.23. The molecule has 1 aromatic rings. The van der Waals surface area contributed by atoms with Crippen molar-refractivity contribution >= 4 is 23.3 Å². The van der Waals surface area contributed by atoms with Crippen LogP contribution >= 0.6 is 11.3 Å². The maximum absolute atomic E-state index is 11.0. The van der Waals surface area contributed by atoms with Gasteiger partial charge in [-0.05, 0) is 19.1 Å². The van der Waals surface area contributed by atoms with Crippen LogP contribution in [0.15, 0.2) is 12.1 Å². The lowest BCUT2D eigenvalue weighted by atomic mass is 10.3. The number of carbonyl (C=O) groups excluding carboxylic acids is 1. The number of rotatable bonds is 7. The van der Waals surface area contributed by atoms with Crippen LogP contribution in [0.1, 0.15) is 16.7 Å². The highest BCUT2D eigenvalue weighted by Gasteiger charge is 2.05. The first-order valence-corrected chi connectivity index (χ1v) is 6.09. The fraction of sp³-hybridized carbons (Fsp3) is 0.455. The Labute approximate surface area is 103 Å². The van der Waals surface area contributed by atoms with Gasteiger partial charge in [0.25, 0.3) is 0 Å². The van der Waals surface area contributed by atoms with Gasteiger partial charge in [-0.3, -0.25) is 9.59 Å². The molecule has 1 heterocycles. The second-order valence-corrected chi connectivity index (χ2v) is 4.60. The Morgan fingerprint density at radius 2 is 2.12 bits per heavy atom. The Balaban J connectivity index is 2.30. The first-order chi connectivity index (χ1) is 8.11. The van der Waals surface area contributed by atoms with Gasteiger partial charge >= 0.3 is 11.9 Å². The van der Waals surface area contributed by atoms with Crippen LogP contribution in [0.3, 0.4) is 0 Å². The molecule has 0 radical (unpaired) electrons. The summed E-state index contributed by atoms with van der Waals surface area (Å²) in [6.45, 7) is 2.85. The molecule has 2 N–H and O–H groups in total. The van der Waals surface area contributed by atoms with Crippen LogP contribution in [0.2, 0.25) is 0 Å². The molecule has 0 fully saturated rings. The zero-order valence-electron chi connectivity index (χ0n) is 9.56. The van der Waals surface area contributed by atoms with Gasteiger partial charge in [0, 0.05) is 16.3 Å². The second-order valence-electron chi connectivity index (χ2n) is 3.35. The Morgan fingerprint density at radius 3 is 2.76 bits per heavy atom. The number of carboxylic acids is 1. The first kappa shape index (κ1) is 13.7. The molecule has 0 saturated carbocycles. The molecule has 5 nitrogen and oxygen atoms in total. The fourth-order valence-electron chi connectivity index (χ4n) is 1.26. The molecule has 0 aromatic carbocycles. The maximum Gasteiger partial charge on any atom is 0.319 e. The lowest BCUT2D eigenvalue weighted by Gasteiger charge is -2.02. The summed E-state index contributed by atoms with van der Waals surface area (Å²) in [5.41, 5.74) is 0. The molecule has 0 bridgehead atoms. The summed E-state index contributed by atoms with van der Waals surface area (Å²) in [5.74, 6) is -1.12. The van der Waals surface area contributed by atoms with Crippen molar-refractivity contribution < 1.29 is 19.4 Å². The minimum absolute atomic E-state index is 0.0442. The molecule has 0 amide bonds. The number of carboxylic acid groups (broad SMARTS) is 1. The Morgan fingerprint density at radius 1 is 1.41 bits per heavy atom. The van der Waals surface area contributed by atoms with Crippen molar-refractivity contribution in [3.8, 4) is 0 Å². The van der Waals surface area contributed by atoms with Crippen LogP contribution in [0.5, 0.6) is 0 Å². The van der Waals surface area contributed by atoms with E-state index in [1.54, 1.807) is 13.0 Å². The number of aliphatic carboxylic acids is 1. The van der Waals surface area contributed by atoms with Gasteiger partial charge < -0.3 is 15.2 Å². The van der Waals surface area contributed by atoms with E-state index in [2.05, 4.69) is 5.32 Å². The van der Waals surface area contributed by atoms with Crippen LogP contribution in [0, 0.1) is 0 Å². The summed E-state index contributed by atoms with van der Waals surface area (Å²) in [7, 11) is 0. The molecule has 17 heavy (non-hydrogen) atoms. The molecule has 6 heteroatoms. The number of carbonyl (C=O) groups is 2. The van der Waals surface area contributed by atoms with Gasteiger partial charge in [-0.2, -0.15) is 0 Å². The Hall–Kier alpha value is -1.40. The van der Waals surface area contributed by atoms with Crippen molar-refractivity contribution in [2.24, 2.45) is 0 Å². The van der Waals surface area contributed by atoms with Crippen LogP contribution in [-0.4, -0.2) is 30.2 Å². The lowest BCUT2D eigenvalue weighted by molar-refractivity contribution is -0.142. The van der Waals surface area contributed by atoms with Gasteiger partial charge in [-0.25, -0.2) is 0 Å². The summed E-state index contributed by atoms with van der Waals surface area (Å²) < 4.78 is 4.76. The van der Waals surface area contributed by atoms with Crippen molar-refractivity contribution in [2.45, 2.75) is 19.9 Å². The number of nitrogens with one attached hydrogen (secondary N) is 1. The van der Waals surface area contributed by atoms with E-state index in [0.717, 1.165) is 9.75 Å². The molecular weight excluding hydrogens is 242 g/mol. The van der Waals surface area contributed by atoms with Gasteiger partial charge in [0.2, 0.25) is 0 Å². The van der Waals surface area contributed by atoms with E-state index in [-0.39, 0.29) is 18.9 Å². The average Bonchev–Trinajstić information content (AvgIpc) is 2.65. The fourth-order valence-corrected chi connectivity index (χ4v) is 2.24. The van der Waals surface area contributed by atoms with Gasteiger partial charge in [0.15, 0.2) is 0 Å². The van der Waals surface area contributed by atoms with E-state index in [4.69, 9.17) is 9.84 Å². The summed E-state index contributed by atoms with van der Waals surface area (Å²) in [5, 5.41) is 11.6. The Kier molecular flexibility index (Phi) is 5.65. The van der Waals surface area contributed by atoms with Gasteiger partial charge in [-0.1, -0.05) is 0 Å². The van der Waals surface area contributed by atoms with E-state index < -0.39 is 5.97 Å². The summed E-state index contributed by atoms with van der Waals surface area (Å²) in [6, 6.07) is 3.65. The normalized spacial score (nSPS) is 10.2. The highest BCUT2D eigenvalue weighted by atomic mass is 32.1. The number of thiophene rings is 1. The average molecular weight is 257 g/mol. The smallest absolute Gasteiger partial charge is 0.319 e. The summed E-state index contributed by atoms with van der Waals surface area (Å²) in [6.07, 6.45) is 0.0442. The molecule has 0 aliphatic heterocycles. The molecule has 1 rings (SSSR count). The van der Waals surface area contributed by atoms with Crippen molar-refractivity contribution in [1.82, 2.24) is 5.32 Å². The Bertz CT molecular complexity index is 389. The van der Waals surface area contributed by atoms with Gasteiger partial charge in [0.05, 0.1) is 19.6 Å². The molecule has 1 aromatic heterocycles. The third-order valence-electron chi connectivity index (χ3n) is 1.92. The van der Waals surface area contributed by atoms with E-state index in [1.807, 2.05) is 6.07 Å². The van der Waals surface area contributed by atoms with Crippen molar-refractivity contribution in [2.75, 3.05) is 13.2 Å². The van der Waals surface area contributed by atoms with E-state index in [1.165, 1.54) is 11.3 Å². The van der Waals surface area contributed by atoms with Crippen LogP contribution in [0.25, 0.3) is 0 Å². The van der Waals surface area contributed by atoms with Crippen LogP contribution in [0.4, 0.5) is 0 Å². The quantitative estimate of drug-likeness (QED) is 0.713. The van der Waals surface area contributed by atoms with Crippen LogP contribution in [-0.2, 0) is 27.3 Å². The van der Waals surface area contributed by atoms with E-state index in [9.17, 15) is 9.59 Å². The van der Waals surface area contributed by atoms with Crippen LogP contribution < -0.4 is 5.32 Å². The number of hydrogen-bond donors (Lipinski definition) is 2. The monoisotopic (exact) mass is 257 g/mol. The minimum Gasteiger partial charge on any atom is -0.481 e. The zero-order chi connectivity index (χ0) is 12.7. The maximum atomic E-state index is 11.0. The predicted octanol–water partition coefficient (Wildman–Crippen LogP) is 1.03. The third-order valence-corrected chi connectivity index (χ3v) is 3.00. The largest absolute Gasteiger partial charge is 0.481 e. The molecule has 0 atom stereocenters. The highest BCUT2D eigenvalue weighted by Crippen LogP contribution is 2.16. The molecule has 94 valence electrons. The van der Waals surface area contributed by atoms with E-state index in [0.29, 0.717) is 13.2 Å². The third kappa shape index (κ3) is 5.46. The number of ether oxygens (including phenoxy) is 1. The molecular formula is C11H15NO4S. The molecule has 0 spiro atoms. The second kappa shape index (κ2) is 7.03. The predicted molar refractivity (Wildman–Crippen MR) is 64.0 cm³/mol. The van der Waals surface area contributed by atoms with Crippen molar-refractivity contribution in [1.29, 1.82) is 0 Å². The summed E-state index contributed by atoms with van der Waals surface area (Å²) in [4.78, 5) is 23.3. The summed E-state index contributed by atoms with van der Waals surface area (Å²) >= 11 is 1.43. The topological polar surface area (TPSA) is 75.6 Å². The van der Waals surface area contributed by atoms with Crippen molar-refractivity contribution in [3.05, 3.63) is 21.9 Å². The first-order valence-electron chi connectivity index (χ1n) is 5.27. The van der Waals surface area contributed by atoms with Crippen molar-refractivity contribution in [3.63, 3.8) is 0 Å². The molecule has 0 unspecified atom stereocenters.